The molecule has 9 heteroatoms. The number of amides is 3. The third-order valence-corrected chi connectivity index (χ3v) is 6.39. The summed E-state index contributed by atoms with van der Waals surface area (Å²) in [4.78, 5) is 33.0. The van der Waals surface area contributed by atoms with Crippen molar-refractivity contribution in [2.24, 2.45) is 0 Å². The highest BCUT2D eigenvalue weighted by Gasteiger charge is 2.33. The Morgan fingerprint density at radius 2 is 1.85 bits per heavy atom. The van der Waals surface area contributed by atoms with Gasteiger partial charge in [0.2, 0.25) is 11.8 Å². The topological polar surface area (TPSA) is 82.1 Å². The van der Waals surface area contributed by atoms with Crippen LogP contribution in [0.3, 0.4) is 0 Å². The number of anilines is 2. The molecule has 0 aliphatic carbocycles. The molecule has 0 radical (unpaired) electrons. The lowest BCUT2D eigenvalue weighted by molar-refractivity contribution is -0.134. The summed E-state index contributed by atoms with van der Waals surface area (Å²) >= 11 is 0. The number of benzene rings is 1. The molecule has 2 aliphatic heterocycles. The van der Waals surface area contributed by atoms with Crippen molar-refractivity contribution in [1.82, 2.24) is 20.0 Å². The summed E-state index contributed by atoms with van der Waals surface area (Å²) in [7, 11) is 3.81. The fraction of sp³-hybridized carbons (Fsp3) is 0.520. The molecule has 0 saturated carbocycles. The maximum Gasteiger partial charge on any atom is 0.325 e. The van der Waals surface area contributed by atoms with Gasteiger partial charge in [0, 0.05) is 45.5 Å². The van der Waals surface area contributed by atoms with Crippen LogP contribution < -0.4 is 14.5 Å². The molecule has 2 saturated heterocycles. The third kappa shape index (κ3) is 5.40. The Kier molecular flexibility index (Phi) is 7.19. The lowest BCUT2D eigenvalue weighted by Gasteiger charge is -2.33. The highest BCUT2D eigenvalue weighted by Crippen LogP contribution is 2.24. The summed E-state index contributed by atoms with van der Waals surface area (Å²) in [6.45, 7) is 6.66. The van der Waals surface area contributed by atoms with Gasteiger partial charge in [0.1, 0.15) is 12.6 Å². The van der Waals surface area contributed by atoms with Crippen LogP contribution in [-0.4, -0.2) is 84.9 Å². The maximum absolute atomic E-state index is 13.0. The second kappa shape index (κ2) is 10.3. The standard InChI is InChI=1S/C25H34N6O3/c1-18(2)19-7-9-20(10-8-19)31-15-14-30(25(31)33)17-24(32)29-13-5-6-21(16-29)34-23-12-11-22(26-27-23)28(3)4/h7-12,18,21H,5-6,13-17H2,1-4H3. The Morgan fingerprint density at radius 1 is 1.09 bits per heavy atom. The number of hydrogen-bond donors (Lipinski definition) is 0. The fourth-order valence-electron chi connectivity index (χ4n) is 4.32. The zero-order valence-electron chi connectivity index (χ0n) is 20.5. The van der Waals surface area contributed by atoms with Gasteiger partial charge in [-0.3, -0.25) is 9.69 Å². The van der Waals surface area contributed by atoms with Crippen LogP contribution in [0.5, 0.6) is 5.88 Å². The van der Waals surface area contributed by atoms with Gasteiger partial charge in [-0.25, -0.2) is 4.79 Å². The van der Waals surface area contributed by atoms with Crippen LogP contribution in [-0.2, 0) is 4.79 Å². The molecule has 4 rings (SSSR count). The molecule has 3 heterocycles. The molecular formula is C25H34N6O3. The molecular weight excluding hydrogens is 432 g/mol. The van der Waals surface area contributed by atoms with E-state index in [0.717, 1.165) is 24.3 Å². The van der Waals surface area contributed by atoms with E-state index < -0.39 is 0 Å². The van der Waals surface area contributed by atoms with Gasteiger partial charge in [0.15, 0.2) is 5.82 Å². The summed E-state index contributed by atoms with van der Waals surface area (Å²) < 4.78 is 5.99. The number of urea groups is 1. The summed E-state index contributed by atoms with van der Waals surface area (Å²) in [5.74, 6) is 1.61. The van der Waals surface area contributed by atoms with E-state index in [9.17, 15) is 9.59 Å². The Bertz CT molecular complexity index is 993. The summed E-state index contributed by atoms with van der Waals surface area (Å²) in [6.07, 6.45) is 1.56. The van der Waals surface area contributed by atoms with Crippen molar-refractivity contribution in [2.75, 3.05) is 56.6 Å². The van der Waals surface area contributed by atoms with Gasteiger partial charge >= 0.3 is 6.03 Å². The first kappa shape index (κ1) is 23.8. The largest absolute Gasteiger partial charge is 0.471 e. The van der Waals surface area contributed by atoms with Gasteiger partial charge in [-0.1, -0.05) is 26.0 Å². The molecule has 182 valence electrons. The molecule has 9 nitrogen and oxygen atoms in total. The molecule has 1 aromatic heterocycles. The van der Waals surface area contributed by atoms with E-state index in [1.807, 2.05) is 37.2 Å². The molecule has 3 amide bonds. The Labute approximate surface area is 201 Å². The van der Waals surface area contributed by atoms with Crippen molar-refractivity contribution >= 4 is 23.4 Å². The monoisotopic (exact) mass is 466 g/mol. The molecule has 1 atom stereocenters. The van der Waals surface area contributed by atoms with E-state index in [1.165, 1.54) is 5.56 Å². The minimum Gasteiger partial charge on any atom is -0.471 e. The second-order valence-electron chi connectivity index (χ2n) is 9.45. The number of likely N-dealkylation sites (tertiary alicyclic amines) is 1. The van der Waals surface area contributed by atoms with E-state index in [0.29, 0.717) is 38.0 Å². The molecule has 0 spiro atoms. The molecule has 2 fully saturated rings. The Morgan fingerprint density at radius 3 is 2.50 bits per heavy atom. The van der Waals surface area contributed by atoms with E-state index in [2.05, 4.69) is 36.2 Å². The van der Waals surface area contributed by atoms with Crippen LogP contribution in [0.4, 0.5) is 16.3 Å². The van der Waals surface area contributed by atoms with Gasteiger partial charge in [-0.05, 0) is 42.5 Å². The Hall–Kier alpha value is -3.36. The molecule has 1 aromatic carbocycles. The summed E-state index contributed by atoms with van der Waals surface area (Å²) in [6, 6.07) is 11.6. The molecule has 34 heavy (non-hydrogen) atoms. The van der Waals surface area contributed by atoms with Crippen molar-refractivity contribution in [3.05, 3.63) is 42.0 Å². The fourth-order valence-corrected chi connectivity index (χ4v) is 4.32. The third-order valence-electron chi connectivity index (χ3n) is 6.39. The average molecular weight is 467 g/mol. The molecule has 2 aliphatic rings. The minimum atomic E-state index is -0.137. The number of aromatic nitrogens is 2. The summed E-state index contributed by atoms with van der Waals surface area (Å²) in [5.41, 5.74) is 2.11. The SMILES string of the molecule is CC(C)c1ccc(N2CCN(CC(=O)N3CCCC(Oc4ccc(N(C)C)nn4)C3)C2=O)cc1. The van der Waals surface area contributed by atoms with Gasteiger partial charge < -0.3 is 19.4 Å². The van der Waals surface area contributed by atoms with Gasteiger partial charge in [-0.15, -0.1) is 10.2 Å². The first-order valence-electron chi connectivity index (χ1n) is 11.9. The lowest BCUT2D eigenvalue weighted by Crippen LogP contribution is -2.48. The van der Waals surface area contributed by atoms with Gasteiger partial charge in [0.05, 0.1) is 6.54 Å². The van der Waals surface area contributed by atoms with Crippen LogP contribution in [0.2, 0.25) is 0 Å². The maximum atomic E-state index is 13.0. The van der Waals surface area contributed by atoms with Gasteiger partial charge in [0.25, 0.3) is 0 Å². The molecule has 0 bridgehead atoms. The number of ether oxygens (including phenoxy) is 1. The quantitative estimate of drug-likeness (QED) is 0.624. The minimum absolute atomic E-state index is 0.0484. The highest BCUT2D eigenvalue weighted by atomic mass is 16.5. The number of piperidine rings is 1. The van der Waals surface area contributed by atoms with Crippen LogP contribution in [0.15, 0.2) is 36.4 Å². The van der Waals surface area contributed by atoms with Crippen molar-refractivity contribution in [3.63, 3.8) is 0 Å². The Balaban J connectivity index is 1.31. The molecule has 1 unspecified atom stereocenters. The van der Waals surface area contributed by atoms with E-state index in [1.54, 1.807) is 20.8 Å². The predicted octanol–water partition coefficient (Wildman–Crippen LogP) is 2.98. The van der Waals surface area contributed by atoms with Crippen LogP contribution in [0.1, 0.15) is 38.2 Å². The second-order valence-corrected chi connectivity index (χ2v) is 9.45. The van der Waals surface area contributed by atoms with E-state index in [-0.39, 0.29) is 24.6 Å². The first-order valence-corrected chi connectivity index (χ1v) is 11.9. The number of rotatable bonds is 7. The smallest absolute Gasteiger partial charge is 0.325 e. The normalized spacial score (nSPS) is 18.6. The van der Waals surface area contributed by atoms with Gasteiger partial charge in [-0.2, -0.15) is 0 Å². The van der Waals surface area contributed by atoms with Crippen LogP contribution >= 0.6 is 0 Å². The average Bonchev–Trinajstić information content (AvgIpc) is 3.19. The number of hydrogen-bond acceptors (Lipinski definition) is 6. The lowest BCUT2D eigenvalue weighted by atomic mass is 10.0. The van der Waals surface area contributed by atoms with Crippen molar-refractivity contribution < 1.29 is 14.3 Å². The van der Waals surface area contributed by atoms with Crippen molar-refractivity contribution in [1.29, 1.82) is 0 Å². The molecule has 0 N–H and O–H groups in total. The van der Waals surface area contributed by atoms with Crippen molar-refractivity contribution in [2.45, 2.75) is 38.7 Å². The van der Waals surface area contributed by atoms with Crippen LogP contribution in [0, 0.1) is 0 Å². The number of carbonyl (C=O) groups excluding carboxylic acids is 2. The van der Waals surface area contributed by atoms with E-state index >= 15 is 0 Å². The van der Waals surface area contributed by atoms with Crippen LogP contribution in [0.25, 0.3) is 0 Å². The predicted molar refractivity (Wildman–Crippen MR) is 131 cm³/mol. The zero-order valence-corrected chi connectivity index (χ0v) is 20.5. The molecule has 2 aromatic rings. The number of carbonyl (C=O) groups is 2. The first-order chi connectivity index (χ1) is 16.3. The number of nitrogens with zero attached hydrogens (tertiary/aromatic N) is 6. The highest BCUT2D eigenvalue weighted by molar-refractivity contribution is 5.96. The summed E-state index contributed by atoms with van der Waals surface area (Å²) in [5, 5.41) is 8.27. The van der Waals surface area contributed by atoms with Crippen molar-refractivity contribution in [3.8, 4) is 5.88 Å². The zero-order chi connectivity index (χ0) is 24.2. The van der Waals surface area contributed by atoms with E-state index in [4.69, 9.17) is 4.74 Å².